The molecule has 5 nitrogen and oxygen atoms in total. The van der Waals surface area contributed by atoms with Crippen LogP contribution in [0.15, 0.2) is 36.4 Å². The molecule has 0 unspecified atom stereocenters. The van der Waals surface area contributed by atoms with Crippen LogP contribution in [0.2, 0.25) is 5.02 Å². The Kier molecular flexibility index (Phi) is 8.18. The molecule has 0 spiro atoms. The summed E-state index contributed by atoms with van der Waals surface area (Å²) >= 11 is 7.32. The van der Waals surface area contributed by atoms with Gasteiger partial charge >= 0.3 is 0 Å². The largest absolute Gasteiger partial charge is 0.379 e. The molecule has 1 amide bonds. The average Bonchev–Trinajstić information content (AvgIpc) is 3.14. The first-order valence-electron chi connectivity index (χ1n) is 9.61. The van der Waals surface area contributed by atoms with Crippen molar-refractivity contribution in [2.75, 3.05) is 44.3 Å². The van der Waals surface area contributed by atoms with Gasteiger partial charge in [-0.25, -0.2) is 13.8 Å². The molecule has 0 saturated carbocycles. The lowest BCUT2D eigenvalue weighted by Crippen LogP contribution is -2.43. The van der Waals surface area contributed by atoms with E-state index in [2.05, 4.69) is 9.88 Å². The van der Waals surface area contributed by atoms with Crippen molar-refractivity contribution in [1.82, 2.24) is 9.88 Å². The fourth-order valence-corrected chi connectivity index (χ4v) is 4.61. The van der Waals surface area contributed by atoms with Crippen LogP contribution in [0.4, 0.5) is 13.9 Å². The van der Waals surface area contributed by atoms with Gasteiger partial charge in [0.1, 0.15) is 11.3 Å². The van der Waals surface area contributed by atoms with Gasteiger partial charge in [0.25, 0.3) is 0 Å². The van der Waals surface area contributed by atoms with Crippen molar-refractivity contribution < 1.29 is 18.3 Å². The number of benzene rings is 2. The third-order valence-corrected chi connectivity index (χ3v) is 6.37. The van der Waals surface area contributed by atoms with E-state index in [0.717, 1.165) is 30.5 Å². The Hall–Kier alpha value is -1.84. The first-order valence-corrected chi connectivity index (χ1v) is 10.8. The van der Waals surface area contributed by atoms with E-state index < -0.39 is 11.6 Å². The molecule has 0 bridgehead atoms. The summed E-state index contributed by atoms with van der Waals surface area (Å²) in [6.07, 6.45) is 0.0928. The number of anilines is 1. The summed E-state index contributed by atoms with van der Waals surface area (Å²) in [5.41, 5.74) is 0.775. The molecule has 1 aliphatic heterocycles. The summed E-state index contributed by atoms with van der Waals surface area (Å²) in [5.74, 6) is -1.60. The van der Waals surface area contributed by atoms with Crippen molar-refractivity contribution in [3.05, 3.63) is 58.6 Å². The van der Waals surface area contributed by atoms with E-state index in [0.29, 0.717) is 46.7 Å². The summed E-state index contributed by atoms with van der Waals surface area (Å²) in [4.78, 5) is 21.2. The number of hydrogen-bond acceptors (Lipinski definition) is 5. The molecular weight excluding hydrogens is 467 g/mol. The zero-order chi connectivity index (χ0) is 21.1. The van der Waals surface area contributed by atoms with Crippen molar-refractivity contribution in [3.8, 4) is 0 Å². The predicted octanol–water partition coefficient (Wildman–Crippen LogP) is 4.56. The van der Waals surface area contributed by atoms with Crippen LogP contribution in [-0.4, -0.2) is 55.2 Å². The molecule has 1 aliphatic rings. The van der Waals surface area contributed by atoms with E-state index in [1.165, 1.54) is 6.07 Å². The van der Waals surface area contributed by atoms with E-state index in [1.54, 1.807) is 23.1 Å². The third kappa shape index (κ3) is 5.70. The maximum atomic E-state index is 14.2. The molecule has 31 heavy (non-hydrogen) atoms. The highest BCUT2D eigenvalue weighted by atomic mass is 35.5. The van der Waals surface area contributed by atoms with Gasteiger partial charge in [0, 0.05) is 37.3 Å². The second-order valence-corrected chi connectivity index (χ2v) is 8.41. The zero-order valence-electron chi connectivity index (χ0n) is 16.5. The van der Waals surface area contributed by atoms with Crippen LogP contribution in [-0.2, 0) is 16.0 Å². The van der Waals surface area contributed by atoms with Crippen molar-refractivity contribution in [1.29, 1.82) is 0 Å². The lowest BCUT2D eigenvalue weighted by atomic mass is 10.1. The molecule has 0 aliphatic carbocycles. The van der Waals surface area contributed by atoms with Gasteiger partial charge < -0.3 is 4.74 Å². The summed E-state index contributed by atoms with van der Waals surface area (Å²) in [7, 11) is 0. The van der Waals surface area contributed by atoms with Gasteiger partial charge in [0.05, 0.1) is 24.3 Å². The van der Waals surface area contributed by atoms with Gasteiger partial charge in [-0.05, 0) is 17.7 Å². The lowest BCUT2D eigenvalue weighted by Gasteiger charge is -2.29. The number of aromatic nitrogens is 1. The number of nitrogens with zero attached hydrogens (tertiary/aromatic N) is 3. The van der Waals surface area contributed by atoms with Gasteiger partial charge in [0.15, 0.2) is 10.9 Å². The van der Waals surface area contributed by atoms with Gasteiger partial charge in [0.2, 0.25) is 5.91 Å². The number of morpholine rings is 1. The SMILES string of the molecule is Cl.O=C(Cc1ccccc1Cl)N(CCN1CCOCC1)c1nc2c(F)cc(F)cc2s1. The first-order chi connectivity index (χ1) is 14.5. The monoisotopic (exact) mass is 487 g/mol. The van der Waals surface area contributed by atoms with Gasteiger partial charge in [-0.3, -0.25) is 14.6 Å². The topological polar surface area (TPSA) is 45.7 Å². The Bertz CT molecular complexity index is 1060. The molecule has 166 valence electrons. The number of carbonyl (C=O) groups is 1. The third-order valence-electron chi connectivity index (χ3n) is 4.98. The second kappa shape index (κ2) is 10.7. The maximum Gasteiger partial charge on any atom is 0.233 e. The van der Waals surface area contributed by atoms with Gasteiger partial charge in [-0.15, -0.1) is 12.4 Å². The molecule has 0 radical (unpaired) electrons. The van der Waals surface area contributed by atoms with E-state index >= 15 is 0 Å². The molecule has 1 aromatic heterocycles. The van der Waals surface area contributed by atoms with Crippen LogP contribution < -0.4 is 4.90 Å². The molecule has 2 heterocycles. The van der Waals surface area contributed by atoms with Crippen LogP contribution in [0, 0.1) is 11.6 Å². The number of rotatable bonds is 6. The van der Waals surface area contributed by atoms with Crippen molar-refractivity contribution in [3.63, 3.8) is 0 Å². The lowest BCUT2D eigenvalue weighted by molar-refractivity contribution is -0.118. The van der Waals surface area contributed by atoms with E-state index in [9.17, 15) is 13.6 Å². The standard InChI is InChI=1S/C21H20ClF2N3O2S.ClH/c22-16-4-2-1-3-14(16)11-19(28)27(6-5-26-7-9-29-10-8-26)21-25-20-17(24)12-15(23)13-18(20)30-21;/h1-4,12-13H,5-11H2;1H. The highest BCUT2D eigenvalue weighted by Gasteiger charge is 2.23. The fraction of sp³-hybridized carbons (Fsp3) is 0.333. The molecule has 2 aromatic carbocycles. The molecule has 1 saturated heterocycles. The van der Waals surface area contributed by atoms with E-state index in [-0.39, 0.29) is 30.3 Å². The smallest absolute Gasteiger partial charge is 0.233 e. The Balaban J connectivity index is 0.00000272. The summed E-state index contributed by atoms with van der Waals surface area (Å²) in [5, 5.41) is 0.858. The molecule has 3 aromatic rings. The van der Waals surface area contributed by atoms with Gasteiger partial charge in [-0.2, -0.15) is 0 Å². The first kappa shape index (κ1) is 23.8. The molecule has 4 rings (SSSR count). The number of fused-ring (bicyclic) bond motifs is 1. The number of ether oxygens (including phenoxy) is 1. The summed E-state index contributed by atoms with van der Waals surface area (Å²) < 4.78 is 33.5. The maximum absolute atomic E-state index is 14.2. The number of carbonyl (C=O) groups excluding carboxylic acids is 1. The molecule has 0 atom stereocenters. The van der Waals surface area contributed by atoms with E-state index in [4.69, 9.17) is 16.3 Å². The quantitative estimate of drug-likeness (QED) is 0.511. The van der Waals surface area contributed by atoms with Gasteiger partial charge in [-0.1, -0.05) is 41.1 Å². The summed E-state index contributed by atoms with van der Waals surface area (Å²) in [6.45, 7) is 3.88. The fourth-order valence-electron chi connectivity index (χ4n) is 3.35. The van der Waals surface area contributed by atoms with Crippen LogP contribution >= 0.6 is 35.3 Å². The Morgan fingerprint density at radius 1 is 1.23 bits per heavy atom. The second-order valence-electron chi connectivity index (χ2n) is 7.00. The van der Waals surface area contributed by atoms with Crippen LogP contribution in [0.1, 0.15) is 5.56 Å². The highest BCUT2D eigenvalue weighted by Crippen LogP contribution is 2.31. The number of thiazole rings is 1. The highest BCUT2D eigenvalue weighted by molar-refractivity contribution is 7.22. The minimum Gasteiger partial charge on any atom is -0.379 e. The minimum absolute atomic E-state index is 0. The Labute approximate surface area is 194 Å². The molecule has 10 heteroatoms. The van der Waals surface area contributed by atoms with Crippen LogP contribution in [0.3, 0.4) is 0 Å². The summed E-state index contributed by atoms with van der Waals surface area (Å²) in [6, 6.07) is 9.19. The van der Waals surface area contributed by atoms with Crippen molar-refractivity contribution in [2.24, 2.45) is 0 Å². The van der Waals surface area contributed by atoms with Crippen molar-refractivity contribution in [2.45, 2.75) is 6.42 Å². The van der Waals surface area contributed by atoms with E-state index in [1.807, 2.05) is 6.07 Å². The number of halogens is 4. The zero-order valence-corrected chi connectivity index (χ0v) is 18.9. The number of amides is 1. The predicted molar refractivity (Wildman–Crippen MR) is 122 cm³/mol. The molecule has 0 N–H and O–H groups in total. The van der Waals surface area contributed by atoms with Crippen LogP contribution in [0.5, 0.6) is 0 Å². The normalized spacial score (nSPS) is 14.4. The van der Waals surface area contributed by atoms with Crippen LogP contribution in [0.25, 0.3) is 10.2 Å². The molecule has 1 fully saturated rings. The number of hydrogen-bond donors (Lipinski definition) is 0. The molecular formula is C21H21Cl2F2N3O2S. The Morgan fingerprint density at radius 2 is 1.97 bits per heavy atom. The average molecular weight is 488 g/mol. The Morgan fingerprint density at radius 3 is 2.71 bits per heavy atom. The van der Waals surface area contributed by atoms with Crippen molar-refractivity contribution >= 4 is 56.6 Å². The minimum atomic E-state index is -0.737.